The minimum Gasteiger partial charge on any atom is -0.365 e. The summed E-state index contributed by atoms with van der Waals surface area (Å²) in [5.41, 5.74) is 2.73. The van der Waals surface area contributed by atoms with Gasteiger partial charge in [-0.3, -0.25) is 14.3 Å². The highest BCUT2D eigenvalue weighted by Crippen LogP contribution is 2.36. The monoisotopic (exact) mass is 546 g/mol. The highest BCUT2D eigenvalue weighted by molar-refractivity contribution is 5.88. The molecule has 0 bridgehead atoms. The summed E-state index contributed by atoms with van der Waals surface area (Å²) in [6.07, 6.45) is 8.29. The fourth-order valence-electron chi connectivity index (χ4n) is 6.01. The van der Waals surface area contributed by atoms with Crippen LogP contribution in [0.1, 0.15) is 84.1 Å². The topological polar surface area (TPSA) is 147 Å². The Morgan fingerprint density at radius 1 is 1.02 bits per heavy atom. The molecule has 11 heteroatoms. The van der Waals surface area contributed by atoms with Crippen LogP contribution in [0.4, 0.5) is 5.82 Å². The van der Waals surface area contributed by atoms with E-state index in [1.54, 1.807) is 6.07 Å². The Morgan fingerprint density at radius 3 is 2.45 bits per heavy atom. The molecule has 4 aromatic rings. The van der Waals surface area contributed by atoms with Gasteiger partial charge in [0.2, 0.25) is 17.2 Å². The van der Waals surface area contributed by atoms with Gasteiger partial charge in [0.15, 0.2) is 17.3 Å². The molecule has 2 fully saturated rings. The smallest absolute Gasteiger partial charge is 0.365 e. The molecule has 2 aliphatic carbocycles. The summed E-state index contributed by atoms with van der Waals surface area (Å²) in [6.45, 7) is 9.41. The third kappa shape index (κ3) is 5.21. The van der Waals surface area contributed by atoms with Crippen LogP contribution in [0.2, 0.25) is 0 Å². The zero-order chi connectivity index (χ0) is 28.0. The van der Waals surface area contributed by atoms with E-state index in [4.69, 9.17) is 19.5 Å². The highest BCUT2D eigenvalue weighted by atomic mass is 16.5. The molecule has 2 saturated carbocycles. The quantitative estimate of drug-likeness (QED) is 0.277. The van der Waals surface area contributed by atoms with Crippen molar-refractivity contribution < 1.29 is 4.52 Å². The van der Waals surface area contributed by atoms with E-state index in [2.05, 4.69) is 52.7 Å². The second kappa shape index (κ2) is 10.7. The van der Waals surface area contributed by atoms with Crippen molar-refractivity contribution in [2.75, 3.05) is 5.32 Å². The average molecular weight is 547 g/mol. The van der Waals surface area contributed by atoms with Crippen molar-refractivity contribution in [2.45, 2.75) is 91.1 Å². The van der Waals surface area contributed by atoms with Crippen LogP contribution < -0.4 is 16.6 Å². The average Bonchev–Trinajstić information content (AvgIpc) is 3.47. The van der Waals surface area contributed by atoms with E-state index in [0.29, 0.717) is 34.8 Å². The van der Waals surface area contributed by atoms with Gasteiger partial charge in [0.1, 0.15) is 5.52 Å². The molecule has 0 saturated heterocycles. The number of H-pyrrole nitrogens is 2. The first-order valence-electron chi connectivity index (χ1n) is 14.6. The maximum Gasteiger partial charge on any atom is 0.439 e. The molecule has 6 rings (SSSR count). The Bertz CT molecular complexity index is 1620. The molecule has 0 radical (unpaired) electrons. The Morgan fingerprint density at radius 2 is 1.80 bits per heavy atom. The second-order valence-electron chi connectivity index (χ2n) is 12.2. The van der Waals surface area contributed by atoms with E-state index < -0.39 is 5.76 Å². The second-order valence-corrected chi connectivity index (χ2v) is 12.2. The van der Waals surface area contributed by atoms with Crippen LogP contribution in [0.3, 0.4) is 0 Å². The normalized spacial score (nSPS) is 20.6. The minimum absolute atomic E-state index is 0.152. The van der Waals surface area contributed by atoms with Crippen LogP contribution in [-0.4, -0.2) is 40.7 Å². The van der Waals surface area contributed by atoms with E-state index in [1.165, 1.54) is 32.1 Å². The number of pyridine rings is 1. The minimum atomic E-state index is -0.670. The zero-order valence-corrected chi connectivity index (χ0v) is 23.7. The lowest BCUT2D eigenvalue weighted by Gasteiger charge is -2.32. The number of hydrogen-bond acceptors (Lipinski definition) is 8. The van der Waals surface area contributed by atoms with Gasteiger partial charge in [-0.15, -0.1) is 0 Å². The van der Waals surface area contributed by atoms with Crippen molar-refractivity contribution >= 4 is 17.0 Å². The fourth-order valence-corrected chi connectivity index (χ4v) is 6.01. The third-order valence-electron chi connectivity index (χ3n) is 8.83. The molecule has 2 aliphatic rings. The Kier molecular flexibility index (Phi) is 7.06. The van der Waals surface area contributed by atoms with Gasteiger partial charge in [-0.1, -0.05) is 45.2 Å². The number of nitrogens with zero attached hydrogens (tertiary/aromatic N) is 5. The molecule has 0 amide bonds. The summed E-state index contributed by atoms with van der Waals surface area (Å²) in [5, 5.41) is 7.49. The first-order valence-corrected chi connectivity index (χ1v) is 14.6. The molecule has 4 aromatic heterocycles. The van der Waals surface area contributed by atoms with E-state index in [-0.39, 0.29) is 29.2 Å². The number of rotatable bonds is 8. The van der Waals surface area contributed by atoms with E-state index >= 15 is 0 Å². The van der Waals surface area contributed by atoms with Crippen molar-refractivity contribution in [1.29, 1.82) is 0 Å². The van der Waals surface area contributed by atoms with Crippen molar-refractivity contribution in [3.05, 3.63) is 38.6 Å². The highest BCUT2D eigenvalue weighted by Gasteiger charge is 2.29. The number of anilines is 1. The summed E-state index contributed by atoms with van der Waals surface area (Å²) < 4.78 is 6.94. The van der Waals surface area contributed by atoms with E-state index in [0.717, 1.165) is 36.4 Å². The molecule has 0 unspecified atom stereocenters. The molecule has 212 valence electrons. The standard InChI is InChI=1S/C29H38N8O3/c1-15(2)20-12-21(31-22(38)13-20)28-34-25-23(37(28)14-18-10-8-16(3)9-11-18)24(30-17(4)19-6-5-7-19)32-26(33-25)27-35-29(39)40-36-27/h12-13,15-19H,5-11,14H2,1-4H3,(H,31,38)(H,30,32,33)(H,35,36,39)/t16-,17-,18-/m1/s1. The first kappa shape index (κ1) is 26.5. The number of fused-ring (bicyclic) bond motifs is 1. The van der Waals surface area contributed by atoms with Gasteiger partial charge in [-0.25, -0.2) is 19.7 Å². The summed E-state index contributed by atoms with van der Waals surface area (Å²) in [6, 6.07) is 3.86. The van der Waals surface area contributed by atoms with Gasteiger partial charge in [0.25, 0.3) is 0 Å². The fraction of sp³-hybridized carbons (Fsp3) is 0.586. The van der Waals surface area contributed by atoms with Crippen LogP contribution in [0, 0.1) is 17.8 Å². The van der Waals surface area contributed by atoms with Crippen molar-refractivity contribution in [3.63, 3.8) is 0 Å². The van der Waals surface area contributed by atoms with Crippen LogP contribution in [0.5, 0.6) is 0 Å². The van der Waals surface area contributed by atoms with Crippen LogP contribution in [0.15, 0.2) is 26.2 Å². The molecular formula is C29H38N8O3. The number of imidazole rings is 1. The lowest BCUT2D eigenvalue weighted by molar-refractivity contribution is 0.267. The lowest BCUT2D eigenvalue weighted by Crippen LogP contribution is -2.31. The first-order chi connectivity index (χ1) is 19.2. The van der Waals surface area contributed by atoms with Crippen LogP contribution in [0.25, 0.3) is 34.3 Å². The number of aromatic amines is 2. The number of aromatic nitrogens is 7. The predicted molar refractivity (Wildman–Crippen MR) is 153 cm³/mol. The zero-order valence-electron chi connectivity index (χ0n) is 23.7. The van der Waals surface area contributed by atoms with Gasteiger partial charge in [0.05, 0.1) is 5.69 Å². The Hall–Kier alpha value is -3.76. The number of hydrogen-bond donors (Lipinski definition) is 3. The van der Waals surface area contributed by atoms with E-state index in [9.17, 15) is 9.59 Å². The van der Waals surface area contributed by atoms with Gasteiger partial charge in [-0.2, -0.15) is 0 Å². The third-order valence-corrected chi connectivity index (χ3v) is 8.83. The molecule has 0 aromatic carbocycles. The maximum atomic E-state index is 12.7. The summed E-state index contributed by atoms with van der Waals surface area (Å²) >= 11 is 0. The summed E-state index contributed by atoms with van der Waals surface area (Å²) in [7, 11) is 0. The molecular weight excluding hydrogens is 508 g/mol. The molecule has 0 spiro atoms. The Labute approximate surface area is 232 Å². The van der Waals surface area contributed by atoms with Gasteiger partial charge >= 0.3 is 5.76 Å². The summed E-state index contributed by atoms with van der Waals surface area (Å²) in [5.74, 6) is 3.00. The Balaban J connectivity index is 1.55. The molecule has 4 heterocycles. The summed E-state index contributed by atoms with van der Waals surface area (Å²) in [4.78, 5) is 44.6. The lowest BCUT2D eigenvalue weighted by atomic mass is 9.80. The van der Waals surface area contributed by atoms with Crippen molar-refractivity contribution in [1.82, 2.24) is 34.6 Å². The molecule has 40 heavy (non-hydrogen) atoms. The molecule has 0 aliphatic heterocycles. The van der Waals surface area contributed by atoms with Crippen molar-refractivity contribution in [3.8, 4) is 23.2 Å². The van der Waals surface area contributed by atoms with Crippen molar-refractivity contribution in [2.24, 2.45) is 17.8 Å². The maximum absolute atomic E-state index is 12.7. The largest absolute Gasteiger partial charge is 0.439 e. The SMILES string of the molecule is CC(C)c1cc(-c2nc3nc(-c4noc(=O)[nH]4)nc(N[C@H](C)C4CCC4)c3n2C[C@H]2CC[C@H](C)CC2)[nH]c(=O)c1. The van der Waals surface area contributed by atoms with Gasteiger partial charge in [0, 0.05) is 18.7 Å². The molecule has 1 atom stereocenters. The predicted octanol–water partition coefficient (Wildman–Crippen LogP) is 5.08. The molecule has 11 nitrogen and oxygen atoms in total. The molecule has 3 N–H and O–H groups in total. The van der Waals surface area contributed by atoms with Crippen LogP contribution >= 0.6 is 0 Å². The van der Waals surface area contributed by atoms with Gasteiger partial charge in [-0.05, 0) is 67.9 Å². The van der Waals surface area contributed by atoms with E-state index in [1.807, 2.05) is 6.07 Å². The van der Waals surface area contributed by atoms with Crippen LogP contribution in [-0.2, 0) is 6.54 Å². The number of nitrogens with one attached hydrogen (secondary N) is 3. The van der Waals surface area contributed by atoms with Gasteiger partial charge < -0.3 is 14.9 Å².